The number of halogens is 12. The molecule has 0 aliphatic carbocycles. The van der Waals surface area contributed by atoms with Crippen LogP contribution in [0.2, 0.25) is 5.02 Å². The summed E-state index contributed by atoms with van der Waals surface area (Å²) in [7, 11) is 1.36. The van der Waals surface area contributed by atoms with Crippen molar-refractivity contribution in [2.45, 2.75) is 75.8 Å². The van der Waals surface area contributed by atoms with Gasteiger partial charge in [0.25, 0.3) is 20.7 Å². The van der Waals surface area contributed by atoms with Gasteiger partial charge in [-0.15, -0.1) is 0 Å². The number of aromatic amines is 4. The van der Waals surface area contributed by atoms with Crippen LogP contribution in [-0.4, -0.2) is 99.5 Å². The minimum absolute atomic E-state index is 0.103. The van der Waals surface area contributed by atoms with Crippen molar-refractivity contribution in [3.8, 4) is 23.0 Å². The Morgan fingerprint density at radius 1 is 0.371 bits per heavy atom. The van der Waals surface area contributed by atoms with Crippen LogP contribution in [0.15, 0.2) is 280 Å². The predicted molar refractivity (Wildman–Crippen MR) is 525 cm³/mol. The summed E-state index contributed by atoms with van der Waals surface area (Å²) >= 11 is 39.6. The van der Waals surface area contributed by atoms with Gasteiger partial charge in [0.1, 0.15) is 52.1 Å². The highest BCUT2D eigenvalue weighted by molar-refractivity contribution is 9.11. The molecule has 8 heterocycles. The van der Waals surface area contributed by atoms with Gasteiger partial charge in [-0.2, -0.15) is 13.2 Å². The molecule has 132 heavy (non-hydrogen) atoms. The first-order chi connectivity index (χ1) is 63.5. The summed E-state index contributed by atoms with van der Waals surface area (Å²) in [6.45, 7) is 6.86. The quantitative estimate of drug-likeness (QED) is 0.0587. The summed E-state index contributed by atoms with van der Waals surface area (Å²) in [4.78, 5) is 34.1. The van der Waals surface area contributed by atoms with E-state index in [9.17, 15) is 39.9 Å². The Balaban J connectivity index is 0.000000123. The maximum atomic E-state index is 13.6. The van der Waals surface area contributed by atoms with E-state index in [0.717, 1.165) is 140 Å². The fraction of sp³-hybridized carbons (Fsp3) is 0.167. The normalized spacial score (nSPS) is 15.6. The first-order valence-corrected chi connectivity index (χ1v) is 46.3. The third-order valence-electron chi connectivity index (χ3n) is 23.7. The summed E-state index contributed by atoms with van der Waals surface area (Å²) < 4.78 is 138. The predicted octanol–water partition coefficient (Wildman–Crippen LogP) is 27.5. The van der Waals surface area contributed by atoms with Crippen molar-refractivity contribution >= 4 is 179 Å². The van der Waals surface area contributed by atoms with Crippen molar-refractivity contribution in [3.63, 3.8) is 0 Å². The molecule has 4 atom stereocenters. The molecule has 12 aromatic carbocycles. The molecule has 0 radical (unpaired) electrons. The zero-order chi connectivity index (χ0) is 92.5. The number of aromatic nitrogens is 4. The number of thiocarbonyl (C=S) groups is 4. The van der Waals surface area contributed by atoms with Gasteiger partial charge in [0.2, 0.25) is 0 Å². The minimum Gasteiger partial charge on any atom is -0.465 e. The van der Waals surface area contributed by atoms with Crippen LogP contribution >= 0.6 is 108 Å². The molecule has 4 aliphatic heterocycles. The second-order valence-corrected chi connectivity index (χ2v) is 36.7. The average molecular weight is 2070 g/mol. The molecule has 0 bridgehead atoms. The van der Waals surface area contributed by atoms with Crippen LogP contribution in [0, 0.1) is 29.1 Å². The summed E-state index contributed by atoms with van der Waals surface area (Å²) in [5.41, 5.74) is 17.5. The molecule has 0 spiro atoms. The molecule has 4 unspecified atom stereocenters. The number of nitrogens with zero attached hydrogens (tertiary/aromatic N) is 4. The molecule has 20 rings (SSSR count). The van der Waals surface area contributed by atoms with Gasteiger partial charge in [0.05, 0.1) is 42.4 Å². The van der Waals surface area contributed by atoms with E-state index in [0.29, 0.717) is 81.5 Å². The third-order valence-corrected chi connectivity index (χ3v) is 26.7. The SMILES string of the molecule is CC(C)c1ccc(C2c3[nH]c4ccc(Br)cc4c3CCN2C(=S)Oc2ccc(F)cc2)cc1.COC(=O)c1ccc(C2c3[nH]c4ccc(Br)cc4c3CCN2C(=S)Oc2ccc(F)cc2)cc1.Fc1ccc(OC(=S)N2CCc3c([nH]c4ccc(Br)cc34)C2c2ccc(C(F)(F)F)cc2)cc1.Fc1ccc(OC(=S)N2CCc3c([nH]c4ccc(Cl)cc34)C2c2ccc(F)cc2)cc1. The van der Waals surface area contributed by atoms with E-state index in [1.165, 1.54) is 126 Å². The Bertz CT molecular complexity index is 7020. The lowest BCUT2D eigenvalue weighted by atomic mass is 9.91. The first-order valence-electron chi connectivity index (χ1n) is 41.9. The van der Waals surface area contributed by atoms with E-state index in [-0.39, 0.29) is 51.7 Å². The lowest BCUT2D eigenvalue weighted by Gasteiger charge is -2.37. The number of H-pyrrole nitrogens is 4. The number of methoxy groups -OCH3 is 1. The monoisotopic (exact) mass is 2060 g/mol. The van der Waals surface area contributed by atoms with E-state index in [4.69, 9.17) is 84.2 Å². The maximum absolute atomic E-state index is 13.6. The summed E-state index contributed by atoms with van der Waals surface area (Å²) in [5.74, 6) is 0.219. The molecule has 4 aromatic heterocycles. The smallest absolute Gasteiger partial charge is 0.416 e. The molecule has 0 saturated heterocycles. The zero-order valence-electron chi connectivity index (χ0n) is 70.4. The van der Waals surface area contributed by atoms with E-state index in [2.05, 4.69) is 135 Å². The summed E-state index contributed by atoms with van der Waals surface area (Å²) in [5, 5.41) is 6.27. The second-order valence-electron chi connectivity index (χ2n) is 32.1. The summed E-state index contributed by atoms with van der Waals surface area (Å²) in [6.07, 6.45) is -1.41. The Hall–Kier alpha value is -11.8. The lowest BCUT2D eigenvalue weighted by molar-refractivity contribution is -0.137. The van der Waals surface area contributed by atoms with Crippen LogP contribution in [0.1, 0.15) is 133 Å². The highest BCUT2D eigenvalue weighted by Gasteiger charge is 2.40. The van der Waals surface area contributed by atoms with Crippen LogP contribution in [0.5, 0.6) is 23.0 Å². The standard InChI is InChI=1S/C27H24BrFN2OS.C26H20BrFN2O3S.C25H17BrF4N2OS.C24H17ClF2N2OS/c1-16(2)17-3-5-18(6-4-17)26-25-22(23-15-19(28)7-12-24(23)30-25)13-14-31(26)27(33)32-21-10-8-20(29)9-11-21;1-32-25(31)16-4-2-15(3-5-16)24-23-20(21-14-17(27)6-11-22(21)29-23)12-13-30(24)26(34)33-19-9-7-18(28)8-10-19;26-16-5-10-21-20(13-16)19-11-12-32(24(34)33-18-8-6-17(27)7-9-18)23(22(19)31-21)14-1-3-15(4-2-14)25(28,29)30;25-15-3-10-21-20(13-15)19-11-12-29(24(31)30-18-8-6-17(27)7-9-18)23(22(19)28-21)14-1-4-16(26)5-2-14/h3-12,15-16,26,30H,13-14H2,1-2H3;2-11,14,24,29H,12-13H2,1H3;1-10,13,23,31H,11-12H2;1-10,13,23,28H,11-12H2. The highest BCUT2D eigenvalue weighted by Crippen LogP contribution is 2.47. The first kappa shape index (κ1) is 92.1. The lowest BCUT2D eigenvalue weighted by Crippen LogP contribution is -2.42. The van der Waals surface area contributed by atoms with Gasteiger partial charge in [-0.05, 0) is 337 Å². The summed E-state index contributed by atoms with van der Waals surface area (Å²) in [6, 6.07) is 73.5. The van der Waals surface area contributed by atoms with Gasteiger partial charge in [-0.25, -0.2) is 26.7 Å². The number of carbonyl (C=O) groups is 1. The van der Waals surface area contributed by atoms with Gasteiger partial charge < -0.3 is 63.2 Å². The Labute approximate surface area is 805 Å². The number of nitrogens with one attached hydrogen (secondary N) is 4. The number of esters is 1. The maximum Gasteiger partial charge on any atom is 0.416 e. The molecular weight excluding hydrogens is 1990 g/mol. The number of rotatable bonds is 10. The number of fused-ring (bicyclic) bond motifs is 12. The molecule has 0 saturated carbocycles. The molecular formula is C102H78Br3ClF8N8O6S4. The minimum atomic E-state index is -4.43. The van der Waals surface area contributed by atoms with Crippen LogP contribution in [0.4, 0.5) is 35.1 Å². The van der Waals surface area contributed by atoms with Crippen LogP contribution < -0.4 is 18.9 Å². The molecule has 0 amide bonds. The van der Waals surface area contributed by atoms with Crippen molar-refractivity contribution in [2.75, 3.05) is 33.3 Å². The Morgan fingerprint density at radius 3 is 0.909 bits per heavy atom. The number of hydrogen-bond donors (Lipinski definition) is 4. The van der Waals surface area contributed by atoms with Gasteiger partial charge in [-0.3, -0.25) is 0 Å². The highest BCUT2D eigenvalue weighted by atomic mass is 79.9. The fourth-order valence-electron chi connectivity index (χ4n) is 17.3. The molecule has 670 valence electrons. The van der Waals surface area contributed by atoms with E-state index in [1.54, 1.807) is 48.5 Å². The van der Waals surface area contributed by atoms with Gasteiger partial charge in [0.15, 0.2) is 0 Å². The number of carbonyl (C=O) groups excluding carboxylic acids is 1. The Kier molecular flexibility index (Phi) is 27.6. The van der Waals surface area contributed by atoms with Crippen molar-refractivity contribution in [1.29, 1.82) is 0 Å². The molecule has 30 heteroatoms. The number of alkyl halides is 3. The van der Waals surface area contributed by atoms with Gasteiger partial charge in [-0.1, -0.05) is 134 Å². The molecule has 14 nitrogen and oxygen atoms in total. The molecule has 16 aromatic rings. The fourth-order valence-corrected chi connectivity index (χ4v) is 19.8. The van der Waals surface area contributed by atoms with Crippen LogP contribution in [-0.2, 0) is 36.6 Å². The topological polar surface area (TPSA) is 139 Å². The largest absolute Gasteiger partial charge is 0.465 e. The van der Waals surface area contributed by atoms with Crippen molar-refractivity contribution in [2.24, 2.45) is 0 Å². The van der Waals surface area contributed by atoms with E-state index >= 15 is 0 Å². The second kappa shape index (κ2) is 39.6. The van der Waals surface area contributed by atoms with Crippen molar-refractivity contribution in [3.05, 3.63) is 398 Å². The van der Waals surface area contributed by atoms with Crippen molar-refractivity contribution in [1.82, 2.24) is 39.5 Å². The molecule has 4 N–H and O–H groups in total. The van der Waals surface area contributed by atoms with Crippen LogP contribution in [0.3, 0.4) is 0 Å². The average Bonchev–Trinajstić information content (AvgIpc) is 1.62. The number of hydrogen-bond acceptors (Lipinski definition) is 10. The van der Waals surface area contributed by atoms with E-state index in [1.807, 2.05) is 75.4 Å². The molecule has 0 fully saturated rings. The number of ether oxygens (including phenoxy) is 5. The zero-order valence-corrected chi connectivity index (χ0v) is 79.1. The van der Waals surface area contributed by atoms with Gasteiger partial charge >= 0.3 is 12.1 Å². The Morgan fingerprint density at radius 2 is 0.629 bits per heavy atom. The van der Waals surface area contributed by atoms with E-state index < -0.39 is 29.6 Å². The van der Waals surface area contributed by atoms with Gasteiger partial charge in [0, 0.05) is 111 Å². The van der Waals surface area contributed by atoms with Crippen LogP contribution in [0.25, 0.3) is 43.6 Å². The number of benzene rings is 12. The third kappa shape index (κ3) is 20.1. The van der Waals surface area contributed by atoms with Crippen molar-refractivity contribution < 1.29 is 63.6 Å². The molecule has 4 aliphatic rings.